The van der Waals surface area contributed by atoms with E-state index in [0.29, 0.717) is 6.61 Å². The molecule has 3 rings (SSSR count). The van der Waals surface area contributed by atoms with Crippen LogP contribution in [0, 0.1) is 6.92 Å². The first-order valence-corrected chi connectivity index (χ1v) is 8.21. The SMILES string of the molecule is CCNCc1noc(-c2ccc(OCc3ccccc3)cc2)c1C. The summed E-state index contributed by atoms with van der Waals surface area (Å²) in [4.78, 5) is 0. The molecule has 1 heterocycles. The van der Waals surface area contributed by atoms with Crippen LogP contribution in [0.25, 0.3) is 11.3 Å². The Morgan fingerprint density at radius 1 is 1.04 bits per heavy atom. The summed E-state index contributed by atoms with van der Waals surface area (Å²) in [6, 6.07) is 18.1. The third-order valence-electron chi connectivity index (χ3n) is 3.93. The molecule has 1 aromatic heterocycles. The maximum atomic E-state index is 5.82. The minimum absolute atomic E-state index is 0.564. The van der Waals surface area contributed by atoms with Gasteiger partial charge in [-0.15, -0.1) is 0 Å². The van der Waals surface area contributed by atoms with Crippen LogP contribution in [0.5, 0.6) is 5.75 Å². The van der Waals surface area contributed by atoms with Crippen molar-refractivity contribution >= 4 is 0 Å². The Balaban J connectivity index is 1.67. The maximum absolute atomic E-state index is 5.82. The first kappa shape index (κ1) is 16.3. The highest BCUT2D eigenvalue weighted by atomic mass is 16.5. The molecule has 124 valence electrons. The highest BCUT2D eigenvalue weighted by Gasteiger charge is 2.13. The molecule has 0 aliphatic rings. The molecule has 2 aromatic carbocycles. The number of ether oxygens (including phenoxy) is 1. The topological polar surface area (TPSA) is 47.3 Å². The molecule has 4 heteroatoms. The Kier molecular flexibility index (Phi) is 5.29. The minimum Gasteiger partial charge on any atom is -0.489 e. The van der Waals surface area contributed by atoms with Gasteiger partial charge in [0, 0.05) is 17.7 Å². The van der Waals surface area contributed by atoms with E-state index >= 15 is 0 Å². The van der Waals surface area contributed by atoms with Crippen molar-refractivity contribution in [1.82, 2.24) is 10.5 Å². The minimum atomic E-state index is 0.564. The summed E-state index contributed by atoms with van der Waals surface area (Å²) in [6.45, 7) is 6.32. The number of rotatable bonds is 7. The van der Waals surface area contributed by atoms with Crippen LogP contribution in [-0.4, -0.2) is 11.7 Å². The first-order valence-electron chi connectivity index (χ1n) is 8.21. The van der Waals surface area contributed by atoms with Crippen molar-refractivity contribution in [2.45, 2.75) is 27.0 Å². The maximum Gasteiger partial charge on any atom is 0.170 e. The zero-order valence-corrected chi connectivity index (χ0v) is 14.1. The lowest BCUT2D eigenvalue weighted by atomic mass is 10.1. The molecule has 0 fully saturated rings. The van der Waals surface area contributed by atoms with E-state index < -0.39 is 0 Å². The van der Waals surface area contributed by atoms with E-state index in [1.165, 1.54) is 0 Å². The fourth-order valence-electron chi connectivity index (χ4n) is 2.49. The lowest BCUT2D eigenvalue weighted by Gasteiger charge is -2.07. The van der Waals surface area contributed by atoms with Crippen molar-refractivity contribution in [3.8, 4) is 17.1 Å². The van der Waals surface area contributed by atoms with Gasteiger partial charge in [0.2, 0.25) is 0 Å². The van der Waals surface area contributed by atoms with Crippen molar-refractivity contribution in [3.63, 3.8) is 0 Å². The lowest BCUT2D eigenvalue weighted by Crippen LogP contribution is -2.12. The molecular formula is C20H22N2O2. The van der Waals surface area contributed by atoms with Crippen molar-refractivity contribution in [2.24, 2.45) is 0 Å². The second-order valence-electron chi connectivity index (χ2n) is 5.66. The smallest absolute Gasteiger partial charge is 0.170 e. The number of nitrogens with one attached hydrogen (secondary N) is 1. The molecule has 0 aliphatic heterocycles. The normalized spacial score (nSPS) is 10.8. The predicted octanol–water partition coefficient (Wildman–Crippen LogP) is 4.34. The van der Waals surface area contributed by atoms with E-state index in [4.69, 9.17) is 9.26 Å². The van der Waals surface area contributed by atoms with Crippen molar-refractivity contribution in [1.29, 1.82) is 0 Å². The summed E-state index contributed by atoms with van der Waals surface area (Å²) in [5.41, 5.74) is 4.20. The lowest BCUT2D eigenvalue weighted by molar-refractivity contribution is 0.306. The Morgan fingerprint density at radius 2 is 1.79 bits per heavy atom. The van der Waals surface area contributed by atoms with Crippen LogP contribution in [-0.2, 0) is 13.2 Å². The van der Waals surface area contributed by atoms with Crippen LogP contribution in [0.1, 0.15) is 23.7 Å². The molecular weight excluding hydrogens is 300 g/mol. The monoisotopic (exact) mass is 322 g/mol. The molecule has 1 N–H and O–H groups in total. The molecule has 0 bridgehead atoms. The molecule has 0 radical (unpaired) electrons. The Bertz CT molecular complexity index is 764. The molecule has 0 saturated carbocycles. The zero-order valence-electron chi connectivity index (χ0n) is 14.1. The number of aromatic nitrogens is 1. The van der Waals surface area contributed by atoms with Gasteiger partial charge < -0.3 is 14.6 Å². The average Bonchev–Trinajstić information content (AvgIpc) is 3.00. The van der Waals surface area contributed by atoms with Crippen molar-refractivity contribution in [2.75, 3.05) is 6.54 Å². The Labute approximate surface area is 142 Å². The second-order valence-corrected chi connectivity index (χ2v) is 5.66. The standard InChI is InChI=1S/C20H22N2O2/c1-3-21-13-19-15(2)20(24-22-19)17-9-11-18(12-10-17)23-14-16-7-5-4-6-8-16/h4-12,21H,3,13-14H2,1-2H3. The molecule has 0 atom stereocenters. The number of nitrogens with zero attached hydrogens (tertiary/aromatic N) is 1. The number of benzene rings is 2. The predicted molar refractivity (Wildman–Crippen MR) is 94.8 cm³/mol. The van der Waals surface area contributed by atoms with Crippen molar-refractivity contribution < 1.29 is 9.26 Å². The van der Waals surface area contributed by atoms with Crippen LogP contribution in [0.15, 0.2) is 59.1 Å². The summed E-state index contributed by atoms with van der Waals surface area (Å²) in [5.74, 6) is 1.66. The van der Waals surface area contributed by atoms with Gasteiger partial charge in [-0.1, -0.05) is 42.4 Å². The third-order valence-corrected chi connectivity index (χ3v) is 3.93. The van der Waals surface area contributed by atoms with Gasteiger partial charge in [-0.05, 0) is 43.3 Å². The molecule has 4 nitrogen and oxygen atoms in total. The molecule has 0 unspecified atom stereocenters. The zero-order chi connectivity index (χ0) is 16.8. The van der Waals surface area contributed by atoms with Crippen LogP contribution in [0.3, 0.4) is 0 Å². The number of hydrogen-bond acceptors (Lipinski definition) is 4. The summed E-state index contributed by atoms with van der Waals surface area (Å²) in [5, 5.41) is 7.43. The third kappa shape index (κ3) is 3.84. The van der Waals surface area contributed by atoms with E-state index in [0.717, 1.165) is 47.0 Å². The first-order chi connectivity index (χ1) is 11.8. The summed E-state index contributed by atoms with van der Waals surface area (Å²) < 4.78 is 11.3. The van der Waals surface area contributed by atoms with Crippen LogP contribution in [0.2, 0.25) is 0 Å². The van der Waals surface area contributed by atoms with Gasteiger partial charge in [-0.25, -0.2) is 0 Å². The molecule has 0 saturated heterocycles. The molecule has 0 amide bonds. The van der Waals surface area contributed by atoms with Gasteiger partial charge in [-0.3, -0.25) is 0 Å². The Morgan fingerprint density at radius 3 is 2.50 bits per heavy atom. The van der Waals surface area contributed by atoms with E-state index in [1.54, 1.807) is 0 Å². The van der Waals surface area contributed by atoms with Crippen LogP contribution < -0.4 is 10.1 Å². The van der Waals surface area contributed by atoms with Gasteiger partial charge in [-0.2, -0.15) is 0 Å². The number of hydrogen-bond donors (Lipinski definition) is 1. The highest BCUT2D eigenvalue weighted by molar-refractivity contribution is 5.62. The Hall–Kier alpha value is -2.59. The molecule has 3 aromatic rings. The van der Waals surface area contributed by atoms with Crippen molar-refractivity contribution in [3.05, 3.63) is 71.4 Å². The van der Waals surface area contributed by atoms with E-state index in [2.05, 4.69) is 29.5 Å². The summed E-state index contributed by atoms with van der Waals surface area (Å²) >= 11 is 0. The summed E-state index contributed by atoms with van der Waals surface area (Å²) in [7, 11) is 0. The van der Waals surface area contributed by atoms with Gasteiger partial charge in [0.15, 0.2) is 5.76 Å². The molecule has 0 spiro atoms. The van der Waals surface area contributed by atoms with Gasteiger partial charge >= 0.3 is 0 Å². The van der Waals surface area contributed by atoms with Crippen LogP contribution >= 0.6 is 0 Å². The van der Waals surface area contributed by atoms with Crippen LogP contribution in [0.4, 0.5) is 0 Å². The van der Waals surface area contributed by atoms with Gasteiger partial charge in [0.05, 0.1) is 0 Å². The fourth-order valence-corrected chi connectivity index (χ4v) is 2.49. The van der Waals surface area contributed by atoms with E-state index in [1.807, 2.05) is 49.4 Å². The van der Waals surface area contributed by atoms with E-state index in [-0.39, 0.29) is 0 Å². The van der Waals surface area contributed by atoms with Gasteiger partial charge in [0.25, 0.3) is 0 Å². The van der Waals surface area contributed by atoms with Gasteiger partial charge in [0.1, 0.15) is 18.1 Å². The molecule has 24 heavy (non-hydrogen) atoms. The fraction of sp³-hybridized carbons (Fsp3) is 0.250. The summed E-state index contributed by atoms with van der Waals surface area (Å²) in [6.07, 6.45) is 0. The quantitative estimate of drug-likeness (QED) is 0.703. The average molecular weight is 322 g/mol. The van der Waals surface area contributed by atoms with E-state index in [9.17, 15) is 0 Å². The highest BCUT2D eigenvalue weighted by Crippen LogP contribution is 2.27. The second kappa shape index (κ2) is 7.79. The largest absolute Gasteiger partial charge is 0.489 e. The molecule has 0 aliphatic carbocycles.